The highest BCUT2D eigenvalue weighted by atomic mass is 16.6. The van der Waals surface area contributed by atoms with Crippen molar-refractivity contribution in [2.24, 2.45) is 13.0 Å². The van der Waals surface area contributed by atoms with E-state index in [9.17, 15) is 4.79 Å². The lowest BCUT2D eigenvalue weighted by molar-refractivity contribution is 0.0490. The van der Waals surface area contributed by atoms with Crippen LogP contribution in [0.4, 0.5) is 4.79 Å². The topological polar surface area (TPSA) is 81.1 Å². The Morgan fingerprint density at radius 1 is 1.43 bits per heavy atom. The van der Waals surface area contributed by atoms with Crippen LogP contribution in [0.5, 0.6) is 0 Å². The van der Waals surface area contributed by atoms with E-state index in [1.807, 2.05) is 27.8 Å². The van der Waals surface area contributed by atoms with E-state index in [0.29, 0.717) is 19.0 Å². The van der Waals surface area contributed by atoms with Gasteiger partial charge in [-0.05, 0) is 26.7 Å². The van der Waals surface area contributed by atoms with Crippen molar-refractivity contribution in [1.29, 1.82) is 0 Å². The number of amides is 1. The van der Waals surface area contributed by atoms with Gasteiger partial charge in [-0.15, -0.1) is 5.10 Å². The van der Waals surface area contributed by atoms with Crippen LogP contribution in [0.3, 0.4) is 0 Å². The molecule has 1 amide bonds. The molecule has 0 fully saturated rings. The van der Waals surface area contributed by atoms with Crippen LogP contribution >= 0.6 is 0 Å². The average Bonchev–Trinajstić information content (AvgIpc) is 2.71. The zero-order valence-electron chi connectivity index (χ0n) is 13.8. The zero-order valence-corrected chi connectivity index (χ0v) is 13.8. The Morgan fingerprint density at radius 2 is 2.10 bits per heavy atom. The molecule has 0 bridgehead atoms. The lowest BCUT2D eigenvalue weighted by Gasteiger charge is -2.26. The summed E-state index contributed by atoms with van der Waals surface area (Å²) in [6, 6.07) is 0.000960. The van der Waals surface area contributed by atoms with E-state index >= 15 is 0 Å². The molecule has 7 heteroatoms. The van der Waals surface area contributed by atoms with Crippen molar-refractivity contribution < 1.29 is 9.53 Å². The second kappa shape index (κ2) is 7.40. The van der Waals surface area contributed by atoms with E-state index in [1.165, 1.54) is 0 Å². The molecule has 0 spiro atoms. The molecule has 0 aliphatic heterocycles. The molecular weight excluding hydrogens is 270 g/mol. The summed E-state index contributed by atoms with van der Waals surface area (Å²) in [5.41, 5.74) is 0.508. The minimum Gasteiger partial charge on any atom is -0.444 e. The maximum atomic E-state index is 11.8. The summed E-state index contributed by atoms with van der Waals surface area (Å²) >= 11 is 0. The van der Waals surface area contributed by atoms with Crippen molar-refractivity contribution >= 4 is 6.09 Å². The molecule has 0 aliphatic carbocycles. The highest BCUT2D eigenvalue weighted by Crippen LogP contribution is 2.08. The molecule has 1 heterocycles. The van der Waals surface area contributed by atoms with Crippen LogP contribution < -0.4 is 10.6 Å². The van der Waals surface area contributed by atoms with Gasteiger partial charge in [-0.25, -0.2) is 4.79 Å². The maximum absolute atomic E-state index is 11.8. The van der Waals surface area contributed by atoms with E-state index in [2.05, 4.69) is 34.8 Å². The van der Waals surface area contributed by atoms with Gasteiger partial charge in [0.05, 0.1) is 11.9 Å². The number of ether oxygens (including phenoxy) is 1. The summed E-state index contributed by atoms with van der Waals surface area (Å²) in [5.74, 6) is 0.301. The maximum Gasteiger partial charge on any atom is 0.407 e. The number of carbonyl (C=O) groups is 1. The molecule has 120 valence electrons. The number of hydrogen-bond acceptors (Lipinski definition) is 5. The van der Waals surface area contributed by atoms with Crippen LogP contribution in [0.25, 0.3) is 0 Å². The molecule has 2 N–H and O–H groups in total. The van der Waals surface area contributed by atoms with Crippen LogP contribution in [-0.4, -0.2) is 39.3 Å². The minimum atomic E-state index is -0.487. The number of carbonyl (C=O) groups excluding carboxylic acids is 1. The van der Waals surface area contributed by atoms with Crippen molar-refractivity contribution in [3.05, 3.63) is 11.9 Å². The number of aromatic nitrogens is 3. The van der Waals surface area contributed by atoms with E-state index in [-0.39, 0.29) is 12.1 Å². The molecule has 1 unspecified atom stereocenters. The summed E-state index contributed by atoms with van der Waals surface area (Å²) in [4.78, 5) is 11.8. The Kier molecular flexibility index (Phi) is 6.14. The van der Waals surface area contributed by atoms with Gasteiger partial charge in [0, 0.05) is 26.2 Å². The number of rotatable bonds is 6. The van der Waals surface area contributed by atoms with Crippen LogP contribution in [0.2, 0.25) is 0 Å². The third-order valence-corrected chi connectivity index (χ3v) is 2.99. The number of hydrogen-bond donors (Lipinski definition) is 2. The van der Waals surface area contributed by atoms with E-state index < -0.39 is 5.60 Å². The second-order valence-corrected chi connectivity index (χ2v) is 6.48. The van der Waals surface area contributed by atoms with Crippen molar-refractivity contribution in [3.63, 3.8) is 0 Å². The quantitative estimate of drug-likeness (QED) is 0.830. The molecule has 1 atom stereocenters. The van der Waals surface area contributed by atoms with Crippen molar-refractivity contribution in [1.82, 2.24) is 25.6 Å². The predicted octanol–water partition coefficient (Wildman–Crippen LogP) is 1.45. The molecule has 1 aromatic rings. The Labute approximate surface area is 126 Å². The molecule has 0 aromatic carbocycles. The van der Waals surface area contributed by atoms with Crippen LogP contribution in [0.15, 0.2) is 6.20 Å². The Hall–Kier alpha value is -1.63. The van der Waals surface area contributed by atoms with Gasteiger partial charge < -0.3 is 15.4 Å². The van der Waals surface area contributed by atoms with Gasteiger partial charge in [0.25, 0.3) is 0 Å². The molecule has 0 saturated heterocycles. The third kappa shape index (κ3) is 6.57. The molecule has 0 radical (unpaired) electrons. The summed E-state index contributed by atoms with van der Waals surface area (Å²) in [7, 11) is 1.85. The zero-order chi connectivity index (χ0) is 16.0. The van der Waals surface area contributed by atoms with E-state index in [4.69, 9.17) is 4.74 Å². The van der Waals surface area contributed by atoms with Gasteiger partial charge in [-0.2, -0.15) is 0 Å². The number of alkyl carbamates (subject to hydrolysis) is 1. The lowest BCUT2D eigenvalue weighted by atomic mass is 10.0. The summed E-state index contributed by atoms with van der Waals surface area (Å²) in [6.45, 7) is 11.0. The first-order chi connectivity index (χ1) is 9.69. The van der Waals surface area contributed by atoms with Gasteiger partial charge >= 0.3 is 6.09 Å². The molecule has 0 saturated carbocycles. The Bertz CT molecular complexity index is 450. The first-order valence-corrected chi connectivity index (χ1v) is 7.23. The van der Waals surface area contributed by atoms with Crippen molar-refractivity contribution in [3.8, 4) is 0 Å². The number of nitrogens with one attached hydrogen (secondary N) is 2. The number of nitrogens with zero attached hydrogens (tertiary/aromatic N) is 3. The lowest BCUT2D eigenvalue weighted by Crippen LogP contribution is -2.47. The fourth-order valence-electron chi connectivity index (χ4n) is 1.74. The Balaban J connectivity index is 2.43. The molecule has 1 rings (SSSR count). The molecule has 7 nitrogen and oxygen atoms in total. The monoisotopic (exact) mass is 297 g/mol. The first kappa shape index (κ1) is 17.4. The first-order valence-electron chi connectivity index (χ1n) is 7.23. The second-order valence-electron chi connectivity index (χ2n) is 6.48. The molecule has 1 aromatic heterocycles. The highest BCUT2D eigenvalue weighted by molar-refractivity contribution is 5.68. The van der Waals surface area contributed by atoms with Crippen LogP contribution in [0.1, 0.15) is 40.3 Å². The normalized spacial score (nSPS) is 13.3. The third-order valence-electron chi connectivity index (χ3n) is 2.99. The van der Waals surface area contributed by atoms with Gasteiger partial charge in [0.2, 0.25) is 0 Å². The highest BCUT2D eigenvalue weighted by Gasteiger charge is 2.21. The van der Waals surface area contributed by atoms with Crippen LogP contribution in [0, 0.1) is 5.92 Å². The van der Waals surface area contributed by atoms with E-state index in [1.54, 1.807) is 10.9 Å². The SMILES string of the molecule is CC(C)C(CNCc1cnnn1C)NC(=O)OC(C)(C)C. The summed E-state index contributed by atoms with van der Waals surface area (Å²) in [5, 5.41) is 13.9. The standard InChI is InChI=1S/C14H27N5O2/c1-10(2)12(17-13(20)21-14(3,4)5)9-15-7-11-8-16-18-19(11)6/h8,10,12,15H,7,9H2,1-6H3,(H,17,20). The molecule has 21 heavy (non-hydrogen) atoms. The van der Waals surface area contributed by atoms with Gasteiger partial charge in [-0.1, -0.05) is 19.1 Å². The smallest absolute Gasteiger partial charge is 0.407 e. The van der Waals surface area contributed by atoms with Crippen LogP contribution in [-0.2, 0) is 18.3 Å². The predicted molar refractivity (Wildman–Crippen MR) is 80.7 cm³/mol. The van der Waals surface area contributed by atoms with Gasteiger partial charge in [0.1, 0.15) is 5.60 Å². The summed E-state index contributed by atoms with van der Waals surface area (Å²) in [6.07, 6.45) is 1.34. The Morgan fingerprint density at radius 3 is 2.57 bits per heavy atom. The van der Waals surface area contributed by atoms with Crippen molar-refractivity contribution in [2.45, 2.75) is 52.8 Å². The van der Waals surface area contributed by atoms with E-state index in [0.717, 1.165) is 5.69 Å². The largest absolute Gasteiger partial charge is 0.444 e. The number of aryl methyl sites for hydroxylation is 1. The minimum absolute atomic E-state index is 0.000960. The fraction of sp³-hybridized carbons (Fsp3) is 0.786. The average molecular weight is 297 g/mol. The van der Waals surface area contributed by atoms with Crippen molar-refractivity contribution in [2.75, 3.05) is 6.54 Å². The van der Waals surface area contributed by atoms with Gasteiger partial charge in [-0.3, -0.25) is 4.68 Å². The van der Waals surface area contributed by atoms with Gasteiger partial charge in [0.15, 0.2) is 0 Å². The molecule has 0 aliphatic rings. The molecular formula is C14H27N5O2. The summed E-state index contributed by atoms with van der Waals surface area (Å²) < 4.78 is 7.01. The fourth-order valence-corrected chi connectivity index (χ4v) is 1.74.